The van der Waals surface area contributed by atoms with Gasteiger partial charge in [-0.05, 0) is 73.2 Å². The SMILES string of the molecule is COc1cc(/C=C(/NC(=O)c2ccccc2)C(=O)Nc2cccc(SC(C)C(=O)Nc3ccc([N+](=O)[O-])cc3)c2)cc(OC)c1OC. The van der Waals surface area contributed by atoms with Gasteiger partial charge in [-0.2, -0.15) is 0 Å². The highest BCUT2D eigenvalue weighted by Crippen LogP contribution is 2.38. The van der Waals surface area contributed by atoms with Crippen molar-refractivity contribution in [1.82, 2.24) is 5.32 Å². The smallest absolute Gasteiger partial charge is 0.272 e. The first kappa shape index (κ1) is 34.1. The Bertz CT molecular complexity index is 1770. The van der Waals surface area contributed by atoms with E-state index in [9.17, 15) is 24.5 Å². The number of nitrogens with one attached hydrogen (secondary N) is 3. The molecule has 47 heavy (non-hydrogen) atoms. The fourth-order valence-corrected chi connectivity index (χ4v) is 5.23. The highest BCUT2D eigenvalue weighted by molar-refractivity contribution is 8.00. The van der Waals surface area contributed by atoms with Crippen LogP contribution in [0.1, 0.15) is 22.8 Å². The molecule has 242 valence electrons. The summed E-state index contributed by atoms with van der Waals surface area (Å²) in [4.78, 5) is 50.6. The average molecular weight is 657 g/mol. The number of carbonyl (C=O) groups excluding carboxylic acids is 3. The van der Waals surface area contributed by atoms with Gasteiger partial charge in [-0.15, -0.1) is 11.8 Å². The molecule has 4 aromatic rings. The number of rotatable bonds is 13. The minimum absolute atomic E-state index is 0.0537. The number of benzene rings is 4. The van der Waals surface area contributed by atoms with Crippen LogP contribution in [0, 0.1) is 10.1 Å². The van der Waals surface area contributed by atoms with Gasteiger partial charge in [-0.3, -0.25) is 24.5 Å². The zero-order chi connectivity index (χ0) is 33.9. The van der Waals surface area contributed by atoms with Gasteiger partial charge in [0.1, 0.15) is 5.70 Å². The summed E-state index contributed by atoms with van der Waals surface area (Å²) in [5, 5.41) is 18.6. The number of carbonyl (C=O) groups is 3. The number of amides is 3. The lowest BCUT2D eigenvalue weighted by molar-refractivity contribution is -0.384. The molecule has 4 rings (SSSR count). The molecule has 3 N–H and O–H groups in total. The van der Waals surface area contributed by atoms with E-state index >= 15 is 0 Å². The largest absolute Gasteiger partial charge is 0.493 e. The van der Waals surface area contributed by atoms with E-state index in [2.05, 4.69) is 16.0 Å². The summed E-state index contributed by atoms with van der Waals surface area (Å²) < 4.78 is 16.3. The number of hydrogen-bond acceptors (Lipinski definition) is 9. The van der Waals surface area contributed by atoms with Crippen molar-refractivity contribution >= 4 is 52.6 Å². The van der Waals surface area contributed by atoms with E-state index in [-0.39, 0.29) is 17.3 Å². The molecule has 1 unspecified atom stereocenters. The van der Waals surface area contributed by atoms with E-state index < -0.39 is 22.0 Å². The Morgan fingerprint density at radius 2 is 1.47 bits per heavy atom. The summed E-state index contributed by atoms with van der Waals surface area (Å²) in [6.45, 7) is 1.72. The van der Waals surface area contributed by atoms with Crippen molar-refractivity contribution < 1.29 is 33.5 Å². The molecule has 4 aromatic carbocycles. The topological polar surface area (TPSA) is 158 Å². The van der Waals surface area contributed by atoms with Crippen LogP contribution in [0.4, 0.5) is 17.1 Å². The molecular formula is C34H32N4O8S. The molecule has 0 aliphatic heterocycles. The van der Waals surface area contributed by atoms with Crippen LogP contribution in [0.2, 0.25) is 0 Å². The van der Waals surface area contributed by atoms with E-state index in [0.29, 0.717) is 44.6 Å². The van der Waals surface area contributed by atoms with Gasteiger partial charge in [0, 0.05) is 34.0 Å². The van der Waals surface area contributed by atoms with Gasteiger partial charge in [0.15, 0.2) is 11.5 Å². The highest BCUT2D eigenvalue weighted by atomic mass is 32.2. The summed E-state index contributed by atoms with van der Waals surface area (Å²) in [7, 11) is 4.43. The van der Waals surface area contributed by atoms with Crippen LogP contribution < -0.4 is 30.2 Å². The Kier molecular flexibility index (Phi) is 11.6. The van der Waals surface area contributed by atoms with Crippen LogP contribution in [-0.4, -0.2) is 49.2 Å². The minimum atomic E-state index is -0.603. The van der Waals surface area contributed by atoms with Crippen molar-refractivity contribution in [3.05, 3.63) is 118 Å². The zero-order valence-corrected chi connectivity index (χ0v) is 26.8. The standard InChI is InChI=1S/C34H32N4O8S/c1-21(32(39)35-24-13-15-26(16-14-24)38(42)43)47-27-12-8-11-25(20-27)36-34(41)28(37-33(40)23-9-6-5-7-10-23)17-22-18-29(44-2)31(46-4)30(19-22)45-3/h5-21H,1-4H3,(H,35,39)(H,36,41)(H,37,40)/b28-17+. The zero-order valence-electron chi connectivity index (χ0n) is 25.9. The fourth-order valence-electron chi connectivity index (χ4n) is 4.31. The second-order valence-corrected chi connectivity index (χ2v) is 11.3. The molecule has 0 heterocycles. The van der Waals surface area contributed by atoms with Crippen molar-refractivity contribution in [2.75, 3.05) is 32.0 Å². The quantitative estimate of drug-likeness (QED) is 0.0664. The first-order valence-corrected chi connectivity index (χ1v) is 15.0. The van der Waals surface area contributed by atoms with Gasteiger partial charge in [-0.1, -0.05) is 24.3 Å². The maximum Gasteiger partial charge on any atom is 0.272 e. The van der Waals surface area contributed by atoms with Gasteiger partial charge in [0.25, 0.3) is 17.5 Å². The number of nitro groups is 1. The third-order valence-electron chi connectivity index (χ3n) is 6.65. The molecule has 1 atom stereocenters. The number of anilines is 2. The molecular weight excluding hydrogens is 624 g/mol. The first-order valence-electron chi connectivity index (χ1n) is 14.1. The maximum atomic E-state index is 13.6. The number of nitro benzene ring substituents is 1. The van der Waals surface area contributed by atoms with Crippen LogP contribution in [-0.2, 0) is 9.59 Å². The van der Waals surface area contributed by atoms with Gasteiger partial charge in [0.05, 0.1) is 31.5 Å². The lowest BCUT2D eigenvalue weighted by atomic mass is 10.1. The molecule has 0 saturated heterocycles. The Balaban J connectivity index is 1.54. The summed E-state index contributed by atoms with van der Waals surface area (Å²) in [5.41, 5.74) is 1.57. The highest BCUT2D eigenvalue weighted by Gasteiger charge is 2.19. The number of thioether (sulfide) groups is 1. The van der Waals surface area contributed by atoms with Crippen LogP contribution in [0.15, 0.2) is 102 Å². The predicted octanol–water partition coefficient (Wildman–Crippen LogP) is 6.15. The van der Waals surface area contributed by atoms with E-state index in [0.717, 1.165) is 0 Å². The molecule has 3 amide bonds. The maximum absolute atomic E-state index is 13.6. The predicted molar refractivity (Wildman–Crippen MR) is 180 cm³/mol. The number of nitrogens with zero attached hydrogens (tertiary/aromatic N) is 1. The van der Waals surface area contributed by atoms with Crippen LogP contribution >= 0.6 is 11.8 Å². The van der Waals surface area contributed by atoms with Crippen LogP contribution in [0.5, 0.6) is 17.2 Å². The van der Waals surface area contributed by atoms with Crippen LogP contribution in [0.25, 0.3) is 6.08 Å². The number of hydrogen-bond donors (Lipinski definition) is 3. The van der Waals surface area contributed by atoms with Crippen molar-refractivity contribution in [1.29, 1.82) is 0 Å². The molecule has 0 spiro atoms. The van der Waals surface area contributed by atoms with E-state index in [1.807, 2.05) is 0 Å². The molecule has 0 fully saturated rings. The lowest BCUT2D eigenvalue weighted by Gasteiger charge is -2.15. The fraction of sp³-hybridized carbons (Fsp3) is 0.147. The third-order valence-corrected chi connectivity index (χ3v) is 7.74. The molecule has 13 heteroatoms. The van der Waals surface area contributed by atoms with Crippen molar-refractivity contribution in [3.63, 3.8) is 0 Å². The Morgan fingerprint density at radius 3 is 2.06 bits per heavy atom. The van der Waals surface area contributed by atoms with Crippen molar-refractivity contribution in [2.45, 2.75) is 17.1 Å². The second kappa shape index (κ2) is 16.0. The summed E-state index contributed by atoms with van der Waals surface area (Å²) in [6, 6.07) is 24.2. The number of non-ortho nitro benzene ring substituents is 1. The number of ether oxygens (including phenoxy) is 3. The molecule has 0 bridgehead atoms. The van der Waals surface area contributed by atoms with Gasteiger partial charge < -0.3 is 30.2 Å². The Labute approximate surface area is 275 Å². The normalized spacial score (nSPS) is 11.5. The van der Waals surface area contributed by atoms with E-state index in [1.54, 1.807) is 73.7 Å². The van der Waals surface area contributed by atoms with Gasteiger partial charge in [0.2, 0.25) is 11.7 Å². The Morgan fingerprint density at radius 1 is 0.809 bits per heavy atom. The molecule has 0 aromatic heterocycles. The second-order valence-electron chi connectivity index (χ2n) is 9.87. The molecule has 0 radical (unpaired) electrons. The van der Waals surface area contributed by atoms with E-state index in [4.69, 9.17) is 14.2 Å². The van der Waals surface area contributed by atoms with E-state index in [1.165, 1.54) is 63.4 Å². The summed E-state index contributed by atoms with van der Waals surface area (Å²) in [5.74, 6) is -0.299. The molecule has 12 nitrogen and oxygen atoms in total. The average Bonchev–Trinajstić information content (AvgIpc) is 3.08. The molecule has 0 aliphatic carbocycles. The monoisotopic (exact) mass is 656 g/mol. The Hall–Kier alpha value is -5.82. The lowest BCUT2D eigenvalue weighted by Crippen LogP contribution is -2.30. The van der Waals surface area contributed by atoms with Crippen LogP contribution in [0.3, 0.4) is 0 Å². The van der Waals surface area contributed by atoms with Gasteiger partial charge >= 0.3 is 0 Å². The molecule has 0 aliphatic rings. The third kappa shape index (κ3) is 9.11. The molecule has 0 saturated carbocycles. The van der Waals surface area contributed by atoms with Crippen molar-refractivity contribution in [3.8, 4) is 17.2 Å². The van der Waals surface area contributed by atoms with Gasteiger partial charge in [-0.25, -0.2) is 0 Å². The first-order chi connectivity index (χ1) is 22.6. The summed E-state index contributed by atoms with van der Waals surface area (Å²) in [6.07, 6.45) is 1.49. The summed E-state index contributed by atoms with van der Waals surface area (Å²) >= 11 is 1.26. The minimum Gasteiger partial charge on any atom is -0.493 e. The number of methoxy groups -OCH3 is 3. The van der Waals surface area contributed by atoms with Crippen molar-refractivity contribution in [2.24, 2.45) is 0 Å².